The second kappa shape index (κ2) is 6.48. The van der Waals surface area contributed by atoms with Crippen LogP contribution in [0.3, 0.4) is 0 Å². The van der Waals surface area contributed by atoms with Crippen molar-refractivity contribution in [3.05, 3.63) is 0 Å². The lowest BCUT2D eigenvalue weighted by atomic mass is 9.76. The molecule has 122 valence electrons. The van der Waals surface area contributed by atoms with Gasteiger partial charge in [-0.25, -0.2) is 13.6 Å². The van der Waals surface area contributed by atoms with E-state index in [9.17, 15) is 32.3 Å². The molecule has 2 N–H and O–H groups in total. The molecule has 2 amide bonds. The van der Waals surface area contributed by atoms with E-state index in [0.29, 0.717) is 6.42 Å². The van der Waals surface area contributed by atoms with Gasteiger partial charge >= 0.3 is 24.3 Å². The Bertz CT molecular complexity index is 396. The zero-order valence-electron chi connectivity index (χ0n) is 11.5. The van der Waals surface area contributed by atoms with E-state index in [1.807, 2.05) is 0 Å². The molecule has 0 aromatic carbocycles. The number of rotatable bonds is 5. The Morgan fingerprint density at radius 1 is 1.33 bits per heavy atom. The number of nitrogens with zero attached hydrogens (tertiary/aromatic N) is 1. The smallest absolute Gasteiger partial charge is 0.324 e. The number of carboxylic acids is 1. The molecule has 0 atom stereocenters. The fraction of sp³-hybridized carbons (Fsp3) is 0.833. The normalized spacial score (nSPS) is 18.7. The summed E-state index contributed by atoms with van der Waals surface area (Å²) in [7, 11) is 0. The Morgan fingerprint density at radius 3 is 2.24 bits per heavy atom. The van der Waals surface area contributed by atoms with Crippen molar-refractivity contribution < 1.29 is 32.3 Å². The molecule has 9 heteroatoms. The quantitative estimate of drug-likeness (QED) is 0.764. The predicted molar refractivity (Wildman–Crippen MR) is 65.5 cm³/mol. The third kappa shape index (κ3) is 3.98. The number of nitrogens with one attached hydrogen (secondary N) is 1. The van der Waals surface area contributed by atoms with Gasteiger partial charge in [-0.1, -0.05) is 6.92 Å². The van der Waals surface area contributed by atoms with E-state index in [1.165, 1.54) is 4.90 Å². The van der Waals surface area contributed by atoms with E-state index in [4.69, 9.17) is 0 Å². The molecular weight excluding hydrogens is 296 g/mol. The third-order valence-corrected chi connectivity index (χ3v) is 3.93. The van der Waals surface area contributed by atoms with Gasteiger partial charge in [-0.15, -0.1) is 0 Å². The lowest BCUT2D eigenvalue weighted by Crippen LogP contribution is -2.52. The SMILES string of the molecule is CCC1(C(=O)O)CCN(C(=O)NCC(F)(F)C(F)F)CC1. The maximum absolute atomic E-state index is 12.7. The summed E-state index contributed by atoms with van der Waals surface area (Å²) in [5.41, 5.74) is -0.913. The summed E-state index contributed by atoms with van der Waals surface area (Å²) in [5, 5.41) is 10.9. The second-order valence-corrected chi connectivity index (χ2v) is 5.15. The van der Waals surface area contributed by atoms with Gasteiger partial charge in [0.2, 0.25) is 0 Å². The first-order chi connectivity index (χ1) is 9.64. The summed E-state index contributed by atoms with van der Waals surface area (Å²) < 4.78 is 49.3. The van der Waals surface area contributed by atoms with Crippen molar-refractivity contribution in [3.63, 3.8) is 0 Å². The average Bonchev–Trinajstić information content (AvgIpc) is 2.44. The minimum Gasteiger partial charge on any atom is -0.481 e. The van der Waals surface area contributed by atoms with E-state index in [1.54, 1.807) is 12.2 Å². The van der Waals surface area contributed by atoms with Gasteiger partial charge in [-0.05, 0) is 19.3 Å². The number of likely N-dealkylation sites (tertiary alicyclic amines) is 1. The fourth-order valence-corrected chi connectivity index (χ4v) is 2.24. The van der Waals surface area contributed by atoms with Crippen molar-refractivity contribution in [1.82, 2.24) is 10.2 Å². The maximum atomic E-state index is 12.7. The van der Waals surface area contributed by atoms with Crippen molar-refractivity contribution in [2.24, 2.45) is 5.41 Å². The maximum Gasteiger partial charge on any atom is 0.324 e. The number of urea groups is 1. The molecule has 1 saturated heterocycles. The van der Waals surface area contributed by atoms with Crippen molar-refractivity contribution in [2.45, 2.75) is 38.5 Å². The van der Waals surface area contributed by atoms with Crippen LogP contribution >= 0.6 is 0 Å². The highest BCUT2D eigenvalue weighted by molar-refractivity contribution is 5.77. The van der Waals surface area contributed by atoms with Gasteiger partial charge in [-0.2, -0.15) is 8.78 Å². The van der Waals surface area contributed by atoms with E-state index >= 15 is 0 Å². The summed E-state index contributed by atoms with van der Waals surface area (Å²) in [6, 6.07) is -0.884. The lowest BCUT2D eigenvalue weighted by Gasteiger charge is -2.38. The molecule has 1 aliphatic rings. The van der Waals surface area contributed by atoms with Gasteiger partial charge in [0.05, 0.1) is 12.0 Å². The summed E-state index contributed by atoms with van der Waals surface area (Å²) in [5.74, 6) is -5.23. The Morgan fingerprint density at radius 2 is 1.86 bits per heavy atom. The highest BCUT2D eigenvalue weighted by atomic mass is 19.3. The summed E-state index contributed by atoms with van der Waals surface area (Å²) >= 11 is 0. The van der Waals surface area contributed by atoms with Crippen molar-refractivity contribution in [2.75, 3.05) is 19.6 Å². The Kier molecular flexibility index (Phi) is 5.41. The summed E-state index contributed by atoms with van der Waals surface area (Å²) in [4.78, 5) is 24.0. The van der Waals surface area contributed by atoms with Crippen LogP contribution in [0.5, 0.6) is 0 Å². The number of carbonyl (C=O) groups excluding carboxylic acids is 1. The topological polar surface area (TPSA) is 69.6 Å². The molecule has 1 fully saturated rings. The van der Waals surface area contributed by atoms with Crippen LogP contribution in [0.4, 0.5) is 22.4 Å². The molecule has 1 aliphatic heterocycles. The number of carboxylic acid groups (broad SMARTS) is 1. The van der Waals surface area contributed by atoms with Crippen LogP contribution in [0.25, 0.3) is 0 Å². The highest BCUT2D eigenvalue weighted by Crippen LogP contribution is 2.35. The molecule has 1 rings (SSSR count). The third-order valence-electron chi connectivity index (χ3n) is 3.93. The first-order valence-corrected chi connectivity index (χ1v) is 6.57. The molecule has 0 saturated carbocycles. The van der Waals surface area contributed by atoms with Crippen LogP contribution in [0, 0.1) is 5.41 Å². The number of aliphatic carboxylic acids is 1. The summed E-state index contributed by atoms with van der Waals surface area (Å²) in [6.45, 7) is 0.462. The molecule has 0 aliphatic carbocycles. The van der Waals surface area contributed by atoms with E-state index in [0.717, 1.165) is 0 Å². The van der Waals surface area contributed by atoms with Crippen LogP contribution in [0.15, 0.2) is 0 Å². The first kappa shape index (κ1) is 17.5. The Hall–Kier alpha value is -1.54. The van der Waals surface area contributed by atoms with E-state index in [2.05, 4.69) is 0 Å². The number of piperidine rings is 1. The predicted octanol–water partition coefficient (Wildman–Crippen LogP) is 2.17. The van der Waals surface area contributed by atoms with Crippen LogP contribution in [-0.2, 0) is 4.79 Å². The standard InChI is InChI=1S/C12H18F4N2O3/c1-2-11(9(19)20)3-5-18(6-4-11)10(21)17-7-12(15,16)8(13)14/h8H,2-7H2,1H3,(H,17,21)(H,19,20). The monoisotopic (exact) mass is 314 g/mol. The van der Waals surface area contributed by atoms with Crippen molar-refractivity contribution in [3.8, 4) is 0 Å². The van der Waals surface area contributed by atoms with Crippen molar-refractivity contribution in [1.29, 1.82) is 0 Å². The molecular formula is C12H18F4N2O3. The first-order valence-electron chi connectivity index (χ1n) is 6.57. The highest BCUT2D eigenvalue weighted by Gasteiger charge is 2.43. The number of alkyl halides is 4. The molecule has 0 unspecified atom stereocenters. The van der Waals surface area contributed by atoms with Gasteiger partial charge in [0.25, 0.3) is 0 Å². The van der Waals surface area contributed by atoms with Gasteiger partial charge in [-0.3, -0.25) is 4.79 Å². The number of hydrogen-bond donors (Lipinski definition) is 2. The number of carbonyl (C=O) groups is 2. The molecule has 0 spiro atoms. The lowest BCUT2D eigenvalue weighted by molar-refractivity contribution is -0.152. The van der Waals surface area contributed by atoms with E-state index in [-0.39, 0.29) is 25.9 Å². The Labute approximate surface area is 119 Å². The fourth-order valence-electron chi connectivity index (χ4n) is 2.24. The molecule has 0 aromatic heterocycles. The minimum atomic E-state index is -4.28. The number of hydrogen-bond acceptors (Lipinski definition) is 2. The summed E-state index contributed by atoms with van der Waals surface area (Å²) in [6.07, 6.45) is -3.03. The molecule has 21 heavy (non-hydrogen) atoms. The molecule has 0 bridgehead atoms. The second-order valence-electron chi connectivity index (χ2n) is 5.15. The van der Waals surface area contributed by atoms with Gasteiger partial charge in [0.1, 0.15) is 0 Å². The zero-order chi connectivity index (χ0) is 16.3. The zero-order valence-corrected chi connectivity index (χ0v) is 11.5. The van der Waals surface area contributed by atoms with Crippen LogP contribution in [0.2, 0.25) is 0 Å². The van der Waals surface area contributed by atoms with Crippen LogP contribution < -0.4 is 5.32 Å². The molecule has 0 radical (unpaired) electrons. The van der Waals surface area contributed by atoms with Gasteiger partial charge in [0, 0.05) is 13.1 Å². The van der Waals surface area contributed by atoms with E-state index < -0.39 is 36.3 Å². The minimum absolute atomic E-state index is 0.0895. The average molecular weight is 314 g/mol. The number of amides is 2. The molecule has 5 nitrogen and oxygen atoms in total. The largest absolute Gasteiger partial charge is 0.481 e. The molecule has 1 heterocycles. The van der Waals surface area contributed by atoms with Crippen LogP contribution in [0.1, 0.15) is 26.2 Å². The number of halogens is 4. The molecule has 0 aromatic rings. The van der Waals surface area contributed by atoms with Gasteiger partial charge < -0.3 is 15.3 Å². The van der Waals surface area contributed by atoms with Crippen LogP contribution in [-0.4, -0.2) is 54.0 Å². The Balaban J connectivity index is 2.51. The van der Waals surface area contributed by atoms with Crippen molar-refractivity contribution >= 4 is 12.0 Å². The van der Waals surface area contributed by atoms with Gasteiger partial charge in [0.15, 0.2) is 0 Å².